The molecule has 0 aliphatic carbocycles. The first-order chi connectivity index (χ1) is 21.5. The highest BCUT2D eigenvalue weighted by molar-refractivity contribution is 5.52. The largest absolute Gasteiger partial charge is 0.497 e. The number of aromatic nitrogens is 1. The maximum Gasteiger partial charge on any atom is 0.121 e. The normalized spacial score (nSPS) is 13.5. The lowest BCUT2D eigenvalue weighted by Crippen LogP contribution is -2.44. The minimum atomic E-state index is 0.418. The second-order valence-corrected chi connectivity index (χ2v) is 11.5. The number of anilines is 3. The monoisotopic (exact) mass is 595 g/mol. The Morgan fingerprint density at radius 3 is 2.27 bits per heavy atom. The Morgan fingerprint density at radius 1 is 0.750 bits per heavy atom. The van der Waals surface area contributed by atoms with Crippen LogP contribution in [0, 0.1) is 0 Å². The van der Waals surface area contributed by atoms with Crippen LogP contribution in [0.4, 0.5) is 17.1 Å². The van der Waals surface area contributed by atoms with Crippen LogP contribution in [0.1, 0.15) is 16.8 Å². The molecule has 8 nitrogen and oxygen atoms in total. The molecule has 8 heteroatoms. The quantitative estimate of drug-likeness (QED) is 0.172. The van der Waals surface area contributed by atoms with Gasteiger partial charge in [-0.1, -0.05) is 30.3 Å². The van der Waals surface area contributed by atoms with Crippen LogP contribution in [0.15, 0.2) is 91.1 Å². The van der Waals surface area contributed by atoms with Gasteiger partial charge in [-0.25, -0.2) is 0 Å². The molecule has 3 aromatic carbocycles. The standard InChI is InChI=1S/C36H45N5O3/c1-38(2)33-8-6-10-36(25-33)44-22-21-43-28-31-24-34(15-16-37-31)41(27-30-7-5-9-35(23-30)42-4)26-29-11-13-32(14-12-29)40-19-17-39(3)18-20-40/h5-16,23-25H,17-22,26-28H2,1-4H3. The molecule has 0 unspecified atom stereocenters. The molecular formula is C36H45N5O3. The molecule has 44 heavy (non-hydrogen) atoms. The fraction of sp³-hybridized carbons (Fsp3) is 0.361. The van der Waals surface area contributed by atoms with Crippen molar-refractivity contribution in [2.75, 3.05) is 82.3 Å². The Kier molecular flexibility index (Phi) is 10.9. The van der Waals surface area contributed by atoms with E-state index in [0.717, 1.165) is 67.8 Å². The molecule has 5 rings (SSSR count). The molecule has 4 aromatic rings. The van der Waals surface area contributed by atoms with E-state index in [1.54, 1.807) is 7.11 Å². The molecule has 0 amide bonds. The average molecular weight is 596 g/mol. The molecule has 1 fully saturated rings. The summed E-state index contributed by atoms with van der Waals surface area (Å²) < 4.78 is 17.4. The van der Waals surface area contributed by atoms with Crippen molar-refractivity contribution in [3.05, 3.63) is 108 Å². The van der Waals surface area contributed by atoms with Gasteiger partial charge in [-0.05, 0) is 66.7 Å². The molecular weight excluding hydrogens is 550 g/mol. The number of benzene rings is 3. The van der Waals surface area contributed by atoms with Gasteiger partial charge in [-0.15, -0.1) is 0 Å². The lowest BCUT2D eigenvalue weighted by atomic mass is 10.1. The third-order valence-corrected chi connectivity index (χ3v) is 7.93. The minimum absolute atomic E-state index is 0.418. The van der Waals surface area contributed by atoms with Crippen molar-refractivity contribution < 1.29 is 14.2 Å². The molecule has 1 aliphatic rings. The number of pyridine rings is 1. The molecule has 0 radical (unpaired) electrons. The van der Waals surface area contributed by atoms with Crippen LogP contribution in [-0.4, -0.2) is 77.5 Å². The Hall–Kier alpha value is -4.27. The number of hydrogen-bond acceptors (Lipinski definition) is 8. The number of rotatable bonds is 14. The zero-order valence-corrected chi connectivity index (χ0v) is 26.5. The van der Waals surface area contributed by atoms with E-state index in [1.165, 1.54) is 16.8 Å². The third-order valence-electron chi connectivity index (χ3n) is 7.93. The van der Waals surface area contributed by atoms with Crippen LogP contribution < -0.4 is 24.2 Å². The van der Waals surface area contributed by atoms with Crippen LogP contribution in [0.2, 0.25) is 0 Å². The summed E-state index contributed by atoms with van der Waals surface area (Å²) in [5.41, 5.74) is 6.83. The van der Waals surface area contributed by atoms with Gasteiger partial charge in [0.05, 0.1) is 26.0 Å². The van der Waals surface area contributed by atoms with Gasteiger partial charge in [0.15, 0.2) is 0 Å². The highest BCUT2D eigenvalue weighted by Gasteiger charge is 2.15. The van der Waals surface area contributed by atoms with Crippen molar-refractivity contribution in [2.24, 2.45) is 0 Å². The van der Waals surface area contributed by atoms with Crippen molar-refractivity contribution in [3.8, 4) is 11.5 Å². The summed E-state index contributed by atoms with van der Waals surface area (Å²) in [5.74, 6) is 1.70. The van der Waals surface area contributed by atoms with E-state index in [-0.39, 0.29) is 0 Å². The Labute approximate surface area is 262 Å². The lowest BCUT2D eigenvalue weighted by molar-refractivity contribution is 0.0870. The van der Waals surface area contributed by atoms with Crippen molar-refractivity contribution >= 4 is 17.1 Å². The number of hydrogen-bond donors (Lipinski definition) is 0. The zero-order valence-electron chi connectivity index (χ0n) is 26.5. The van der Waals surface area contributed by atoms with Gasteiger partial charge in [0, 0.05) is 82.7 Å². The molecule has 2 heterocycles. The Bertz CT molecular complexity index is 1450. The van der Waals surface area contributed by atoms with E-state index in [4.69, 9.17) is 14.2 Å². The molecule has 0 bridgehead atoms. The Morgan fingerprint density at radius 2 is 1.50 bits per heavy atom. The smallest absolute Gasteiger partial charge is 0.121 e. The number of piperazine rings is 1. The molecule has 0 spiro atoms. The zero-order chi connectivity index (χ0) is 30.7. The van der Waals surface area contributed by atoms with Gasteiger partial charge in [0.25, 0.3) is 0 Å². The van der Waals surface area contributed by atoms with Gasteiger partial charge in [-0.2, -0.15) is 0 Å². The van der Waals surface area contributed by atoms with Crippen LogP contribution >= 0.6 is 0 Å². The van der Waals surface area contributed by atoms with Gasteiger partial charge < -0.3 is 33.8 Å². The number of ether oxygens (including phenoxy) is 3. The summed E-state index contributed by atoms with van der Waals surface area (Å²) in [4.78, 5) is 13.9. The summed E-state index contributed by atoms with van der Waals surface area (Å²) in [6, 6.07) is 29.6. The van der Waals surface area contributed by atoms with Gasteiger partial charge in [-0.3, -0.25) is 4.98 Å². The predicted molar refractivity (Wildman–Crippen MR) is 179 cm³/mol. The fourth-order valence-electron chi connectivity index (χ4n) is 5.31. The molecule has 1 aliphatic heterocycles. The molecule has 1 saturated heterocycles. The number of nitrogens with zero attached hydrogens (tertiary/aromatic N) is 5. The predicted octanol–water partition coefficient (Wildman–Crippen LogP) is 5.71. The van der Waals surface area contributed by atoms with E-state index in [2.05, 4.69) is 86.2 Å². The van der Waals surface area contributed by atoms with E-state index >= 15 is 0 Å². The first kappa shape index (κ1) is 31.2. The summed E-state index contributed by atoms with van der Waals surface area (Å²) in [7, 11) is 7.94. The second-order valence-electron chi connectivity index (χ2n) is 11.5. The van der Waals surface area contributed by atoms with Crippen molar-refractivity contribution in [1.29, 1.82) is 0 Å². The van der Waals surface area contributed by atoms with Crippen molar-refractivity contribution in [3.63, 3.8) is 0 Å². The van der Waals surface area contributed by atoms with Crippen LogP contribution in [0.25, 0.3) is 0 Å². The number of methoxy groups -OCH3 is 1. The molecule has 1 aromatic heterocycles. The lowest BCUT2D eigenvalue weighted by Gasteiger charge is -2.34. The van der Waals surface area contributed by atoms with E-state index < -0.39 is 0 Å². The van der Waals surface area contributed by atoms with E-state index in [0.29, 0.717) is 19.8 Å². The number of likely N-dealkylation sites (N-methyl/N-ethyl adjacent to an activating group) is 1. The maximum atomic E-state index is 5.96. The first-order valence-corrected chi connectivity index (χ1v) is 15.3. The van der Waals surface area contributed by atoms with Gasteiger partial charge >= 0.3 is 0 Å². The van der Waals surface area contributed by atoms with Crippen molar-refractivity contribution in [1.82, 2.24) is 9.88 Å². The van der Waals surface area contributed by atoms with Crippen LogP contribution in [0.3, 0.4) is 0 Å². The topological polar surface area (TPSA) is 53.5 Å². The second kappa shape index (κ2) is 15.5. The first-order valence-electron chi connectivity index (χ1n) is 15.3. The molecule has 0 N–H and O–H groups in total. The summed E-state index contributed by atoms with van der Waals surface area (Å²) in [5, 5.41) is 0. The van der Waals surface area contributed by atoms with Crippen LogP contribution in [-0.2, 0) is 24.4 Å². The third kappa shape index (κ3) is 8.88. The highest BCUT2D eigenvalue weighted by atomic mass is 16.5. The summed E-state index contributed by atoms with van der Waals surface area (Å²) in [6.07, 6.45) is 1.87. The van der Waals surface area contributed by atoms with Gasteiger partial charge in [0.2, 0.25) is 0 Å². The van der Waals surface area contributed by atoms with Crippen LogP contribution in [0.5, 0.6) is 11.5 Å². The molecule has 232 valence electrons. The molecule has 0 atom stereocenters. The molecule has 0 saturated carbocycles. The van der Waals surface area contributed by atoms with E-state index in [9.17, 15) is 0 Å². The summed E-state index contributed by atoms with van der Waals surface area (Å²) in [6.45, 7) is 7.20. The average Bonchev–Trinajstić information content (AvgIpc) is 3.05. The summed E-state index contributed by atoms with van der Waals surface area (Å²) >= 11 is 0. The fourth-order valence-corrected chi connectivity index (χ4v) is 5.31. The maximum absolute atomic E-state index is 5.96. The minimum Gasteiger partial charge on any atom is -0.497 e. The van der Waals surface area contributed by atoms with Gasteiger partial charge in [0.1, 0.15) is 18.1 Å². The highest BCUT2D eigenvalue weighted by Crippen LogP contribution is 2.25. The van der Waals surface area contributed by atoms with E-state index in [1.807, 2.05) is 50.6 Å². The Balaban J connectivity index is 1.23. The van der Waals surface area contributed by atoms with Crippen molar-refractivity contribution in [2.45, 2.75) is 19.7 Å². The SMILES string of the molecule is COc1cccc(CN(Cc2ccc(N3CCN(C)CC3)cc2)c2ccnc(COCCOc3cccc(N(C)C)c3)c2)c1.